The number of benzene rings is 1. The molecule has 2 rings (SSSR count). The standard InChI is InChI=1S/C14H18BrFO2/c1-2-18-14(9-3-4-9)13(17)8-10-7-11(15)5-6-12(10)16/h5-7,9,13-14,17H,2-4,8H2,1H3. The predicted molar refractivity (Wildman–Crippen MR) is 71.9 cm³/mol. The molecule has 2 unspecified atom stereocenters. The molecule has 2 nitrogen and oxygen atoms in total. The fourth-order valence-electron chi connectivity index (χ4n) is 2.22. The van der Waals surface area contributed by atoms with E-state index in [1.165, 1.54) is 6.07 Å². The molecule has 0 heterocycles. The summed E-state index contributed by atoms with van der Waals surface area (Å²) < 4.78 is 20.0. The zero-order valence-corrected chi connectivity index (χ0v) is 12.0. The van der Waals surface area contributed by atoms with Gasteiger partial charge in [0, 0.05) is 17.5 Å². The van der Waals surface area contributed by atoms with Gasteiger partial charge >= 0.3 is 0 Å². The Balaban J connectivity index is 2.04. The molecule has 18 heavy (non-hydrogen) atoms. The van der Waals surface area contributed by atoms with Gasteiger partial charge in [-0.2, -0.15) is 0 Å². The summed E-state index contributed by atoms with van der Waals surface area (Å²) in [7, 11) is 0. The molecular formula is C14H18BrFO2. The Morgan fingerprint density at radius 2 is 2.22 bits per heavy atom. The Kier molecular flexibility index (Phi) is 4.76. The maximum absolute atomic E-state index is 13.6. The number of ether oxygens (including phenoxy) is 1. The molecule has 0 radical (unpaired) electrons. The van der Waals surface area contributed by atoms with Crippen molar-refractivity contribution in [2.75, 3.05) is 6.61 Å². The summed E-state index contributed by atoms with van der Waals surface area (Å²) in [6, 6.07) is 4.79. The van der Waals surface area contributed by atoms with Gasteiger partial charge in [0.1, 0.15) is 5.82 Å². The van der Waals surface area contributed by atoms with E-state index >= 15 is 0 Å². The molecule has 1 fully saturated rings. The van der Waals surface area contributed by atoms with Crippen LogP contribution in [0.15, 0.2) is 22.7 Å². The van der Waals surface area contributed by atoms with Gasteiger partial charge in [-0.15, -0.1) is 0 Å². The molecule has 0 aliphatic heterocycles. The number of hydrogen-bond donors (Lipinski definition) is 1. The average molecular weight is 317 g/mol. The van der Waals surface area contributed by atoms with Gasteiger partial charge in [-0.25, -0.2) is 4.39 Å². The minimum absolute atomic E-state index is 0.159. The van der Waals surface area contributed by atoms with Crippen LogP contribution in [0.1, 0.15) is 25.3 Å². The van der Waals surface area contributed by atoms with E-state index in [9.17, 15) is 9.50 Å². The molecule has 1 N–H and O–H groups in total. The molecular weight excluding hydrogens is 299 g/mol. The van der Waals surface area contributed by atoms with Crippen LogP contribution in [-0.2, 0) is 11.2 Å². The van der Waals surface area contributed by atoms with Gasteiger partial charge in [0.15, 0.2) is 0 Å². The number of rotatable bonds is 6. The molecule has 0 amide bonds. The van der Waals surface area contributed by atoms with Crippen LogP contribution in [-0.4, -0.2) is 23.9 Å². The van der Waals surface area contributed by atoms with Gasteiger partial charge in [0.2, 0.25) is 0 Å². The Morgan fingerprint density at radius 3 is 2.83 bits per heavy atom. The number of hydrogen-bond acceptors (Lipinski definition) is 2. The molecule has 1 saturated carbocycles. The van der Waals surface area contributed by atoms with Gasteiger partial charge in [-0.3, -0.25) is 0 Å². The summed E-state index contributed by atoms with van der Waals surface area (Å²) in [4.78, 5) is 0. The maximum atomic E-state index is 13.6. The molecule has 0 saturated heterocycles. The van der Waals surface area contributed by atoms with Crippen LogP contribution in [0.4, 0.5) is 4.39 Å². The van der Waals surface area contributed by atoms with Gasteiger partial charge in [0.25, 0.3) is 0 Å². The van der Waals surface area contributed by atoms with Crippen LogP contribution in [0.25, 0.3) is 0 Å². The summed E-state index contributed by atoms with van der Waals surface area (Å²) in [6.07, 6.45) is 1.70. The van der Waals surface area contributed by atoms with E-state index in [0.29, 0.717) is 24.5 Å². The largest absolute Gasteiger partial charge is 0.390 e. The summed E-state index contributed by atoms with van der Waals surface area (Å²) in [5.41, 5.74) is 0.530. The van der Waals surface area contributed by atoms with E-state index in [-0.39, 0.29) is 11.9 Å². The molecule has 0 bridgehead atoms. The summed E-state index contributed by atoms with van der Waals surface area (Å²) in [5.74, 6) is 0.165. The van der Waals surface area contributed by atoms with Crippen molar-refractivity contribution in [1.82, 2.24) is 0 Å². The van der Waals surface area contributed by atoms with Gasteiger partial charge in [0.05, 0.1) is 12.2 Å². The molecule has 0 aromatic heterocycles. The lowest BCUT2D eigenvalue weighted by Gasteiger charge is -2.23. The van der Waals surface area contributed by atoms with Gasteiger partial charge < -0.3 is 9.84 Å². The van der Waals surface area contributed by atoms with Crippen LogP contribution in [0, 0.1) is 11.7 Å². The second kappa shape index (κ2) is 6.13. The summed E-state index contributed by atoms with van der Waals surface area (Å²) >= 11 is 3.32. The Morgan fingerprint density at radius 1 is 1.50 bits per heavy atom. The van der Waals surface area contributed by atoms with Crippen LogP contribution >= 0.6 is 15.9 Å². The molecule has 0 spiro atoms. The molecule has 2 atom stereocenters. The SMILES string of the molecule is CCOC(C(O)Cc1cc(Br)ccc1F)C1CC1. The molecule has 1 aromatic carbocycles. The first-order valence-corrected chi connectivity index (χ1v) is 7.14. The lowest BCUT2D eigenvalue weighted by atomic mass is 10.0. The minimum atomic E-state index is -0.638. The van der Waals surface area contributed by atoms with E-state index in [4.69, 9.17) is 4.74 Å². The highest BCUT2D eigenvalue weighted by molar-refractivity contribution is 9.10. The monoisotopic (exact) mass is 316 g/mol. The van der Waals surface area contributed by atoms with E-state index in [2.05, 4.69) is 15.9 Å². The average Bonchev–Trinajstić information content (AvgIpc) is 3.14. The smallest absolute Gasteiger partial charge is 0.126 e. The van der Waals surface area contributed by atoms with Gasteiger partial charge in [-0.05, 0) is 49.4 Å². The zero-order valence-electron chi connectivity index (χ0n) is 10.4. The number of halogens is 2. The third kappa shape index (κ3) is 3.53. The molecule has 4 heteroatoms. The van der Waals surface area contributed by atoms with Crippen LogP contribution in [0.3, 0.4) is 0 Å². The van der Waals surface area contributed by atoms with E-state index in [0.717, 1.165) is 17.3 Å². The first-order chi connectivity index (χ1) is 8.61. The fraction of sp³-hybridized carbons (Fsp3) is 0.571. The van der Waals surface area contributed by atoms with Crippen LogP contribution < -0.4 is 0 Å². The highest BCUT2D eigenvalue weighted by atomic mass is 79.9. The lowest BCUT2D eigenvalue weighted by molar-refractivity contribution is -0.0442. The van der Waals surface area contributed by atoms with Crippen LogP contribution in [0.2, 0.25) is 0 Å². The normalized spacial score (nSPS) is 18.7. The lowest BCUT2D eigenvalue weighted by Crippen LogP contribution is -2.33. The maximum Gasteiger partial charge on any atom is 0.126 e. The number of aliphatic hydroxyl groups is 1. The fourth-order valence-corrected chi connectivity index (χ4v) is 2.63. The molecule has 1 aliphatic carbocycles. The quantitative estimate of drug-likeness (QED) is 0.872. The Labute approximate surface area is 115 Å². The van der Waals surface area contributed by atoms with E-state index in [1.807, 2.05) is 6.92 Å². The minimum Gasteiger partial charge on any atom is -0.390 e. The Hall–Kier alpha value is -0.450. The molecule has 100 valence electrons. The highest BCUT2D eigenvalue weighted by Gasteiger charge is 2.36. The summed E-state index contributed by atoms with van der Waals surface area (Å²) in [6.45, 7) is 2.50. The van der Waals surface area contributed by atoms with Gasteiger partial charge in [-0.1, -0.05) is 15.9 Å². The predicted octanol–water partition coefficient (Wildman–Crippen LogP) is 3.31. The number of aliphatic hydroxyl groups excluding tert-OH is 1. The van der Waals surface area contributed by atoms with Crippen molar-refractivity contribution in [1.29, 1.82) is 0 Å². The third-order valence-corrected chi connectivity index (χ3v) is 3.76. The van der Waals surface area contributed by atoms with E-state index in [1.54, 1.807) is 12.1 Å². The first kappa shape index (κ1) is 14.0. The van der Waals surface area contributed by atoms with Crippen molar-refractivity contribution >= 4 is 15.9 Å². The van der Waals surface area contributed by atoms with Crippen molar-refractivity contribution < 1.29 is 14.2 Å². The topological polar surface area (TPSA) is 29.5 Å². The first-order valence-electron chi connectivity index (χ1n) is 6.35. The van der Waals surface area contributed by atoms with Crippen LogP contribution in [0.5, 0.6) is 0 Å². The molecule has 1 aromatic rings. The second-order valence-electron chi connectivity index (χ2n) is 4.76. The molecule has 1 aliphatic rings. The summed E-state index contributed by atoms with van der Waals surface area (Å²) in [5, 5.41) is 10.2. The van der Waals surface area contributed by atoms with Crippen molar-refractivity contribution in [2.45, 2.75) is 38.4 Å². The van der Waals surface area contributed by atoms with E-state index < -0.39 is 6.10 Å². The van der Waals surface area contributed by atoms with Crippen molar-refractivity contribution in [3.05, 3.63) is 34.1 Å². The third-order valence-electron chi connectivity index (χ3n) is 3.26. The second-order valence-corrected chi connectivity index (χ2v) is 5.68. The van der Waals surface area contributed by atoms with Crippen molar-refractivity contribution in [2.24, 2.45) is 5.92 Å². The van der Waals surface area contributed by atoms with Crippen molar-refractivity contribution in [3.8, 4) is 0 Å². The zero-order chi connectivity index (χ0) is 13.1. The Bertz CT molecular complexity index is 407. The van der Waals surface area contributed by atoms with Crippen molar-refractivity contribution in [3.63, 3.8) is 0 Å². The highest BCUT2D eigenvalue weighted by Crippen LogP contribution is 2.36.